The van der Waals surface area contributed by atoms with Gasteiger partial charge in [0.15, 0.2) is 5.82 Å². The second-order valence-electron chi connectivity index (χ2n) is 3.81. The molecule has 1 saturated heterocycles. The van der Waals surface area contributed by atoms with E-state index in [0.29, 0.717) is 18.3 Å². The van der Waals surface area contributed by atoms with E-state index in [2.05, 4.69) is 20.4 Å². The van der Waals surface area contributed by atoms with Gasteiger partial charge in [-0.05, 0) is 6.92 Å². The molecule has 0 spiro atoms. The van der Waals surface area contributed by atoms with Crippen molar-refractivity contribution in [2.75, 3.05) is 19.8 Å². The van der Waals surface area contributed by atoms with E-state index in [1.165, 1.54) is 11.3 Å². The van der Waals surface area contributed by atoms with Crippen LogP contribution in [0.15, 0.2) is 10.0 Å². The fourth-order valence-electron chi connectivity index (χ4n) is 1.71. The second-order valence-corrected chi connectivity index (χ2v) is 4.66. The molecule has 17 heavy (non-hydrogen) atoms. The Morgan fingerprint density at radius 2 is 2.47 bits per heavy atom. The van der Waals surface area contributed by atoms with Crippen LogP contribution in [0.5, 0.6) is 0 Å². The number of nitrogens with zero attached hydrogens (tertiary/aromatic N) is 3. The largest absolute Gasteiger partial charge is 0.378 e. The van der Waals surface area contributed by atoms with Crippen molar-refractivity contribution in [3.8, 4) is 10.8 Å². The Morgan fingerprint density at radius 3 is 3.18 bits per heavy atom. The fourth-order valence-corrected chi connectivity index (χ4v) is 2.43. The number of thiazole rings is 1. The molecule has 0 aromatic carbocycles. The highest BCUT2D eigenvalue weighted by molar-refractivity contribution is 7.13. The number of hydrogen-bond acceptors (Lipinski definition) is 7. The topological polar surface area (TPSA) is 73.1 Å². The van der Waals surface area contributed by atoms with Gasteiger partial charge >= 0.3 is 0 Å². The highest BCUT2D eigenvalue weighted by Gasteiger charge is 2.22. The summed E-state index contributed by atoms with van der Waals surface area (Å²) < 4.78 is 10.6. The van der Waals surface area contributed by atoms with Gasteiger partial charge in [-0.1, -0.05) is 5.16 Å². The molecule has 0 saturated carbocycles. The van der Waals surface area contributed by atoms with Crippen LogP contribution in [0.2, 0.25) is 0 Å². The minimum absolute atomic E-state index is 0.0227. The Labute approximate surface area is 102 Å². The summed E-state index contributed by atoms with van der Waals surface area (Å²) in [6.45, 7) is 4.06. The number of nitrogens with one attached hydrogen (secondary N) is 1. The maximum absolute atomic E-state index is 5.37. The number of hydrogen-bond donors (Lipinski definition) is 1. The van der Waals surface area contributed by atoms with Crippen LogP contribution in [0, 0.1) is 6.92 Å². The minimum Gasteiger partial charge on any atom is -0.378 e. The zero-order chi connectivity index (χ0) is 11.7. The van der Waals surface area contributed by atoms with Crippen LogP contribution >= 0.6 is 11.3 Å². The van der Waals surface area contributed by atoms with Gasteiger partial charge in [-0.2, -0.15) is 4.98 Å². The molecule has 1 N–H and O–H groups in total. The van der Waals surface area contributed by atoms with Crippen molar-refractivity contribution in [2.45, 2.75) is 13.0 Å². The standard InChI is InChI=1S/C10H12N4O2S/c1-6-8(17-5-12-6)10-13-9(14-16-10)7-4-15-3-2-11-7/h5,7,11H,2-4H2,1H3. The molecule has 90 valence electrons. The molecule has 6 nitrogen and oxygen atoms in total. The summed E-state index contributed by atoms with van der Waals surface area (Å²) >= 11 is 1.50. The van der Waals surface area contributed by atoms with Crippen molar-refractivity contribution >= 4 is 11.3 Å². The molecule has 1 aliphatic rings. The van der Waals surface area contributed by atoms with Crippen molar-refractivity contribution in [3.05, 3.63) is 17.0 Å². The quantitative estimate of drug-likeness (QED) is 0.864. The predicted molar refractivity (Wildman–Crippen MR) is 61.7 cm³/mol. The Balaban J connectivity index is 1.85. The van der Waals surface area contributed by atoms with Gasteiger partial charge < -0.3 is 14.6 Å². The summed E-state index contributed by atoms with van der Waals surface area (Å²) in [5.41, 5.74) is 2.69. The fraction of sp³-hybridized carbons (Fsp3) is 0.500. The van der Waals surface area contributed by atoms with Crippen molar-refractivity contribution < 1.29 is 9.26 Å². The summed E-state index contributed by atoms with van der Waals surface area (Å²) in [7, 11) is 0. The third-order valence-corrected chi connectivity index (χ3v) is 3.53. The molecule has 0 radical (unpaired) electrons. The normalized spacial score (nSPS) is 20.6. The van der Waals surface area contributed by atoms with Gasteiger partial charge in [-0.3, -0.25) is 0 Å². The maximum Gasteiger partial charge on any atom is 0.269 e. The van der Waals surface area contributed by atoms with E-state index in [1.807, 2.05) is 6.92 Å². The number of morpholine rings is 1. The lowest BCUT2D eigenvalue weighted by atomic mass is 10.2. The van der Waals surface area contributed by atoms with Crippen LogP contribution in [0.3, 0.4) is 0 Å². The first-order valence-corrected chi connectivity index (χ1v) is 6.28. The molecule has 0 aliphatic carbocycles. The van der Waals surface area contributed by atoms with Gasteiger partial charge in [0.05, 0.1) is 30.5 Å². The average molecular weight is 252 g/mol. The second kappa shape index (κ2) is 4.52. The van der Waals surface area contributed by atoms with E-state index in [9.17, 15) is 0 Å². The molecule has 1 atom stereocenters. The maximum atomic E-state index is 5.37. The van der Waals surface area contributed by atoms with E-state index < -0.39 is 0 Å². The first-order valence-electron chi connectivity index (χ1n) is 5.40. The van der Waals surface area contributed by atoms with Gasteiger partial charge in [0.2, 0.25) is 0 Å². The first kappa shape index (κ1) is 10.8. The van der Waals surface area contributed by atoms with Crippen LogP contribution in [0.4, 0.5) is 0 Å². The molecular formula is C10H12N4O2S. The van der Waals surface area contributed by atoms with Gasteiger partial charge in [-0.25, -0.2) is 4.98 Å². The molecule has 7 heteroatoms. The number of aromatic nitrogens is 3. The summed E-state index contributed by atoms with van der Waals surface area (Å²) in [5, 5.41) is 7.27. The average Bonchev–Trinajstić information content (AvgIpc) is 2.98. The summed E-state index contributed by atoms with van der Waals surface area (Å²) in [5.74, 6) is 1.18. The minimum atomic E-state index is 0.0227. The van der Waals surface area contributed by atoms with Crippen LogP contribution in [0.1, 0.15) is 17.6 Å². The van der Waals surface area contributed by atoms with Crippen LogP contribution in [-0.4, -0.2) is 34.9 Å². The molecule has 1 unspecified atom stereocenters. The molecule has 0 amide bonds. The van der Waals surface area contributed by atoms with Crippen LogP contribution in [0.25, 0.3) is 10.8 Å². The summed E-state index contributed by atoms with van der Waals surface area (Å²) in [4.78, 5) is 9.48. The number of aryl methyl sites for hydroxylation is 1. The van der Waals surface area contributed by atoms with Crippen molar-refractivity contribution in [1.29, 1.82) is 0 Å². The van der Waals surface area contributed by atoms with Crippen molar-refractivity contribution in [1.82, 2.24) is 20.4 Å². The summed E-state index contributed by atoms with van der Waals surface area (Å²) in [6.07, 6.45) is 0. The Kier molecular flexibility index (Phi) is 2.87. The SMILES string of the molecule is Cc1ncsc1-c1nc(C2COCCN2)no1. The molecule has 2 aromatic heterocycles. The van der Waals surface area contributed by atoms with E-state index in [0.717, 1.165) is 23.7 Å². The molecule has 3 heterocycles. The zero-order valence-electron chi connectivity index (χ0n) is 9.34. The van der Waals surface area contributed by atoms with Gasteiger partial charge in [-0.15, -0.1) is 11.3 Å². The Morgan fingerprint density at radius 1 is 1.53 bits per heavy atom. The van der Waals surface area contributed by atoms with Crippen molar-refractivity contribution in [2.24, 2.45) is 0 Å². The molecule has 2 aromatic rings. The van der Waals surface area contributed by atoms with E-state index in [4.69, 9.17) is 9.26 Å². The molecule has 1 aliphatic heterocycles. The lowest BCUT2D eigenvalue weighted by Crippen LogP contribution is -2.35. The highest BCUT2D eigenvalue weighted by Crippen LogP contribution is 2.26. The monoisotopic (exact) mass is 252 g/mol. The molecule has 3 rings (SSSR count). The highest BCUT2D eigenvalue weighted by atomic mass is 32.1. The van der Waals surface area contributed by atoms with Crippen LogP contribution in [-0.2, 0) is 4.74 Å². The molecule has 1 fully saturated rings. The zero-order valence-corrected chi connectivity index (χ0v) is 10.2. The lowest BCUT2D eigenvalue weighted by Gasteiger charge is -2.20. The van der Waals surface area contributed by atoms with Crippen molar-refractivity contribution in [3.63, 3.8) is 0 Å². The number of ether oxygens (including phenoxy) is 1. The number of rotatable bonds is 2. The van der Waals surface area contributed by atoms with Gasteiger partial charge in [0.1, 0.15) is 4.88 Å². The van der Waals surface area contributed by atoms with Gasteiger partial charge in [0.25, 0.3) is 5.89 Å². The molecular weight excluding hydrogens is 240 g/mol. The Bertz CT molecular complexity index is 504. The summed E-state index contributed by atoms with van der Waals surface area (Å²) in [6, 6.07) is 0.0227. The molecule has 0 bridgehead atoms. The van der Waals surface area contributed by atoms with Gasteiger partial charge in [0, 0.05) is 6.54 Å². The third kappa shape index (κ3) is 2.08. The Hall–Kier alpha value is -1.31. The van der Waals surface area contributed by atoms with E-state index in [-0.39, 0.29) is 6.04 Å². The third-order valence-electron chi connectivity index (χ3n) is 2.61. The predicted octanol–water partition coefficient (Wildman–Crippen LogP) is 1.16. The first-order chi connectivity index (χ1) is 8.34. The smallest absolute Gasteiger partial charge is 0.269 e. The van der Waals surface area contributed by atoms with E-state index in [1.54, 1.807) is 5.51 Å². The lowest BCUT2D eigenvalue weighted by molar-refractivity contribution is 0.0734. The van der Waals surface area contributed by atoms with E-state index >= 15 is 0 Å². The van der Waals surface area contributed by atoms with Crippen LogP contribution < -0.4 is 5.32 Å².